The molecule has 1 fully saturated rings. The molecule has 3 nitrogen and oxygen atoms in total. The molecule has 1 aliphatic rings. The van der Waals surface area contributed by atoms with E-state index < -0.39 is 0 Å². The average Bonchev–Trinajstić information content (AvgIpc) is 2.18. The Morgan fingerprint density at radius 3 is 2.38 bits per heavy atom. The van der Waals surface area contributed by atoms with Crippen molar-refractivity contribution in [2.75, 3.05) is 13.1 Å². The Balaban J connectivity index is 0.00000225. The maximum Gasteiger partial charge on any atom is 0.220 e. The maximum atomic E-state index is 11.7. The minimum Gasteiger partial charge on any atom is -0.353 e. The Morgan fingerprint density at radius 1 is 1.31 bits per heavy atom. The molecule has 0 aromatic heterocycles. The van der Waals surface area contributed by atoms with Crippen LogP contribution in [0.4, 0.5) is 0 Å². The molecule has 16 heavy (non-hydrogen) atoms. The van der Waals surface area contributed by atoms with E-state index in [2.05, 4.69) is 31.4 Å². The van der Waals surface area contributed by atoms with Gasteiger partial charge in [0.25, 0.3) is 0 Å². The quantitative estimate of drug-likeness (QED) is 0.799. The van der Waals surface area contributed by atoms with Gasteiger partial charge in [-0.25, -0.2) is 0 Å². The molecule has 0 spiro atoms. The summed E-state index contributed by atoms with van der Waals surface area (Å²) in [5.74, 6) is 1.29. The molecule has 0 saturated carbocycles. The van der Waals surface area contributed by atoms with Gasteiger partial charge in [-0.05, 0) is 37.8 Å². The molecule has 0 bridgehead atoms. The van der Waals surface area contributed by atoms with Crippen molar-refractivity contribution < 1.29 is 4.79 Å². The molecule has 1 aliphatic heterocycles. The van der Waals surface area contributed by atoms with Gasteiger partial charge < -0.3 is 10.6 Å². The van der Waals surface area contributed by atoms with E-state index in [0.717, 1.165) is 25.9 Å². The third kappa shape index (κ3) is 5.71. The highest BCUT2D eigenvalue weighted by atomic mass is 35.5. The first-order valence-electron chi connectivity index (χ1n) is 6.09. The van der Waals surface area contributed by atoms with Crippen LogP contribution in [0.1, 0.15) is 40.0 Å². The van der Waals surface area contributed by atoms with Gasteiger partial charge >= 0.3 is 0 Å². The number of piperidine rings is 1. The largest absolute Gasteiger partial charge is 0.353 e. The lowest BCUT2D eigenvalue weighted by atomic mass is 9.94. The average molecular weight is 249 g/mol. The summed E-state index contributed by atoms with van der Waals surface area (Å²) < 4.78 is 0. The smallest absolute Gasteiger partial charge is 0.220 e. The lowest BCUT2D eigenvalue weighted by molar-refractivity contribution is -0.123. The van der Waals surface area contributed by atoms with Gasteiger partial charge in [-0.1, -0.05) is 20.8 Å². The van der Waals surface area contributed by atoms with Crippen molar-refractivity contribution in [2.45, 2.75) is 46.1 Å². The van der Waals surface area contributed by atoms with Crippen molar-refractivity contribution in [3.8, 4) is 0 Å². The first kappa shape index (κ1) is 15.7. The van der Waals surface area contributed by atoms with E-state index in [1.807, 2.05) is 0 Å². The van der Waals surface area contributed by atoms with Crippen LogP contribution < -0.4 is 10.6 Å². The zero-order chi connectivity index (χ0) is 11.3. The van der Waals surface area contributed by atoms with Gasteiger partial charge in [0.15, 0.2) is 0 Å². The molecule has 1 rings (SSSR count). The molecule has 1 atom stereocenters. The van der Waals surface area contributed by atoms with E-state index >= 15 is 0 Å². The number of halogens is 1. The van der Waals surface area contributed by atoms with E-state index in [0.29, 0.717) is 24.3 Å². The van der Waals surface area contributed by atoms with E-state index in [4.69, 9.17) is 0 Å². The van der Waals surface area contributed by atoms with E-state index in [1.54, 1.807) is 0 Å². The van der Waals surface area contributed by atoms with Crippen LogP contribution in [0, 0.1) is 11.8 Å². The summed E-state index contributed by atoms with van der Waals surface area (Å²) in [6.45, 7) is 8.55. The van der Waals surface area contributed by atoms with Crippen LogP contribution in [0.25, 0.3) is 0 Å². The van der Waals surface area contributed by atoms with Crippen LogP contribution in [0.2, 0.25) is 0 Å². The molecule has 2 N–H and O–H groups in total. The fourth-order valence-electron chi connectivity index (χ4n) is 1.78. The molecule has 96 valence electrons. The summed E-state index contributed by atoms with van der Waals surface area (Å²) in [5, 5.41) is 6.42. The number of hydrogen-bond acceptors (Lipinski definition) is 2. The van der Waals surface area contributed by atoms with Gasteiger partial charge in [0.2, 0.25) is 5.91 Å². The van der Waals surface area contributed by atoms with E-state index in [1.165, 1.54) is 0 Å². The topological polar surface area (TPSA) is 41.1 Å². The number of carbonyl (C=O) groups excluding carboxylic acids is 1. The first-order chi connectivity index (χ1) is 7.09. The molecule has 4 heteroatoms. The summed E-state index contributed by atoms with van der Waals surface area (Å²) in [5.41, 5.74) is 0. The van der Waals surface area contributed by atoms with Gasteiger partial charge in [-0.15, -0.1) is 12.4 Å². The van der Waals surface area contributed by atoms with Crippen LogP contribution in [-0.2, 0) is 4.79 Å². The summed E-state index contributed by atoms with van der Waals surface area (Å²) in [6.07, 6.45) is 2.81. The molecule has 0 aromatic carbocycles. The van der Waals surface area contributed by atoms with Gasteiger partial charge in [-0.3, -0.25) is 4.79 Å². The summed E-state index contributed by atoms with van der Waals surface area (Å²) in [4.78, 5) is 11.7. The van der Waals surface area contributed by atoms with Crippen LogP contribution in [0.5, 0.6) is 0 Å². The molecule has 0 aromatic rings. The predicted molar refractivity (Wildman–Crippen MR) is 69.9 cm³/mol. The van der Waals surface area contributed by atoms with Crippen LogP contribution in [0.15, 0.2) is 0 Å². The monoisotopic (exact) mass is 248 g/mol. The Morgan fingerprint density at radius 2 is 1.88 bits per heavy atom. The highest BCUT2D eigenvalue weighted by Gasteiger charge is 2.17. The lowest BCUT2D eigenvalue weighted by Gasteiger charge is -2.24. The van der Waals surface area contributed by atoms with Gasteiger partial charge in [0, 0.05) is 12.5 Å². The molecule has 1 heterocycles. The lowest BCUT2D eigenvalue weighted by Crippen LogP contribution is -2.43. The third-order valence-electron chi connectivity index (χ3n) is 3.35. The number of carbonyl (C=O) groups is 1. The maximum absolute atomic E-state index is 11.7. The number of nitrogens with one attached hydrogen (secondary N) is 2. The highest BCUT2D eigenvalue weighted by Crippen LogP contribution is 2.14. The number of amides is 1. The third-order valence-corrected chi connectivity index (χ3v) is 3.35. The van der Waals surface area contributed by atoms with Crippen LogP contribution >= 0.6 is 12.4 Å². The SMILES string of the molecule is CC(C)C(C)CC(=O)NC1CCNCC1.Cl. The summed E-state index contributed by atoms with van der Waals surface area (Å²) in [6, 6.07) is 0.401. The Hall–Kier alpha value is -0.280. The molecule has 1 saturated heterocycles. The summed E-state index contributed by atoms with van der Waals surface area (Å²) >= 11 is 0. The zero-order valence-electron chi connectivity index (χ0n) is 10.6. The van der Waals surface area contributed by atoms with Crippen molar-refractivity contribution in [1.82, 2.24) is 10.6 Å². The molecule has 0 aliphatic carbocycles. The second-order valence-electron chi connectivity index (χ2n) is 5.02. The second-order valence-corrected chi connectivity index (χ2v) is 5.02. The Kier molecular flexibility index (Phi) is 7.77. The highest BCUT2D eigenvalue weighted by molar-refractivity contribution is 5.85. The number of hydrogen-bond donors (Lipinski definition) is 2. The standard InChI is InChI=1S/C12H24N2O.ClH/c1-9(2)10(3)8-12(15)14-11-4-6-13-7-5-11;/h9-11,13H,4-8H2,1-3H3,(H,14,15);1H. The van der Waals surface area contributed by atoms with Crippen molar-refractivity contribution in [3.63, 3.8) is 0 Å². The van der Waals surface area contributed by atoms with Crippen molar-refractivity contribution in [1.29, 1.82) is 0 Å². The number of rotatable bonds is 4. The molecular weight excluding hydrogens is 224 g/mol. The Labute approximate surface area is 105 Å². The van der Waals surface area contributed by atoms with Crippen LogP contribution in [-0.4, -0.2) is 25.0 Å². The minimum absolute atomic E-state index is 0. The molecular formula is C12H25ClN2O. The van der Waals surface area contributed by atoms with E-state index in [9.17, 15) is 4.79 Å². The van der Waals surface area contributed by atoms with Crippen molar-refractivity contribution in [3.05, 3.63) is 0 Å². The van der Waals surface area contributed by atoms with Crippen molar-refractivity contribution in [2.24, 2.45) is 11.8 Å². The van der Waals surface area contributed by atoms with Crippen LogP contribution in [0.3, 0.4) is 0 Å². The minimum atomic E-state index is 0. The van der Waals surface area contributed by atoms with E-state index in [-0.39, 0.29) is 18.3 Å². The fourth-order valence-corrected chi connectivity index (χ4v) is 1.78. The Bertz CT molecular complexity index is 203. The van der Waals surface area contributed by atoms with Gasteiger partial charge in [0.1, 0.15) is 0 Å². The molecule has 0 radical (unpaired) electrons. The first-order valence-corrected chi connectivity index (χ1v) is 6.09. The fraction of sp³-hybridized carbons (Fsp3) is 0.917. The molecule has 1 unspecified atom stereocenters. The normalized spacial score (nSPS) is 19.0. The predicted octanol–water partition coefficient (Wildman–Crippen LogP) is 1.96. The zero-order valence-corrected chi connectivity index (χ0v) is 11.4. The van der Waals surface area contributed by atoms with Crippen molar-refractivity contribution >= 4 is 18.3 Å². The van der Waals surface area contributed by atoms with Gasteiger partial charge in [-0.2, -0.15) is 0 Å². The second kappa shape index (κ2) is 7.91. The van der Waals surface area contributed by atoms with Gasteiger partial charge in [0.05, 0.1) is 0 Å². The summed E-state index contributed by atoms with van der Waals surface area (Å²) in [7, 11) is 0. The molecule has 1 amide bonds.